The first kappa shape index (κ1) is 20.0. The fourth-order valence-corrected chi connectivity index (χ4v) is 4.88. The molecule has 1 aromatic carbocycles. The molecule has 162 valence electrons. The van der Waals surface area contributed by atoms with Gasteiger partial charge in [0.05, 0.1) is 25.1 Å². The van der Waals surface area contributed by atoms with Crippen LogP contribution in [0.2, 0.25) is 0 Å². The highest BCUT2D eigenvalue weighted by molar-refractivity contribution is 5.63. The van der Waals surface area contributed by atoms with Crippen LogP contribution in [0, 0.1) is 17.7 Å². The van der Waals surface area contributed by atoms with E-state index in [2.05, 4.69) is 14.8 Å². The number of aliphatic hydroxyl groups is 1. The predicted octanol–water partition coefficient (Wildman–Crippen LogP) is 1.87. The van der Waals surface area contributed by atoms with Gasteiger partial charge in [-0.15, -0.1) is 0 Å². The van der Waals surface area contributed by atoms with E-state index in [9.17, 15) is 9.18 Å². The van der Waals surface area contributed by atoms with Gasteiger partial charge >= 0.3 is 0 Å². The topological polar surface area (TPSA) is 70.3 Å². The molecule has 2 atom stereocenters. The van der Waals surface area contributed by atoms with Crippen LogP contribution in [0.4, 0.5) is 10.1 Å². The molecule has 8 heteroatoms. The summed E-state index contributed by atoms with van der Waals surface area (Å²) < 4.78 is 20.6. The average Bonchev–Trinajstić information content (AvgIpc) is 3.32. The number of fused-ring (bicyclic) bond motifs is 2. The lowest BCUT2D eigenvalue weighted by Crippen LogP contribution is -2.30. The first-order valence-electron chi connectivity index (χ1n) is 10.5. The summed E-state index contributed by atoms with van der Waals surface area (Å²) in [6.45, 7) is 4.86. The third kappa shape index (κ3) is 3.66. The third-order valence-corrected chi connectivity index (χ3v) is 6.43. The number of rotatable bonds is 5. The van der Waals surface area contributed by atoms with Gasteiger partial charge in [0.1, 0.15) is 5.65 Å². The van der Waals surface area contributed by atoms with Crippen molar-refractivity contribution in [2.24, 2.45) is 11.8 Å². The number of aromatic nitrogens is 2. The lowest BCUT2D eigenvalue weighted by molar-refractivity contribution is 0.214. The van der Waals surface area contributed by atoms with Crippen LogP contribution in [0.3, 0.4) is 0 Å². The van der Waals surface area contributed by atoms with Gasteiger partial charge in [0.15, 0.2) is 11.6 Å². The number of nitrogens with zero attached hydrogens (tertiary/aromatic N) is 4. The second-order valence-corrected chi connectivity index (χ2v) is 8.35. The summed E-state index contributed by atoms with van der Waals surface area (Å²) in [4.78, 5) is 22.0. The number of methoxy groups -OCH3 is 1. The second-order valence-electron chi connectivity index (χ2n) is 8.35. The second kappa shape index (κ2) is 7.94. The van der Waals surface area contributed by atoms with Crippen molar-refractivity contribution in [1.29, 1.82) is 0 Å². The van der Waals surface area contributed by atoms with Crippen molar-refractivity contribution in [3.63, 3.8) is 0 Å². The molecule has 4 heterocycles. The summed E-state index contributed by atoms with van der Waals surface area (Å²) in [6.07, 6.45) is 1.84. The number of β-amino-alcohol motifs (C(OH)–C–C–N with tert-alkyl or cyclic N) is 1. The number of likely N-dealkylation sites (tertiary alicyclic amines) is 1. The number of hydrogen-bond donors (Lipinski definition) is 1. The molecule has 31 heavy (non-hydrogen) atoms. The Balaban J connectivity index is 1.40. The van der Waals surface area contributed by atoms with E-state index in [0.29, 0.717) is 28.7 Å². The Bertz CT molecular complexity index is 1170. The number of anilines is 1. The summed E-state index contributed by atoms with van der Waals surface area (Å²) in [5.41, 5.74) is 2.28. The lowest BCUT2D eigenvalue weighted by atomic mass is 10.0. The zero-order valence-corrected chi connectivity index (χ0v) is 17.4. The van der Waals surface area contributed by atoms with Crippen molar-refractivity contribution in [2.45, 2.75) is 0 Å². The third-order valence-electron chi connectivity index (χ3n) is 6.43. The van der Waals surface area contributed by atoms with E-state index >= 15 is 0 Å². The maximum Gasteiger partial charge on any atom is 0.258 e. The molecular formula is C23H25FN4O3. The molecule has 1 N–H and O–H groups in total. The SMILES string of the molecule is COc1ccc(-c2cc(=O)n3cc(N4C[C@H]5CN(CCO)C[C@H]5C4)ccc3n2)cc1F. The van der Waals surface area contributed by atoms with Crippen molar-refractivity contribution in [1.82, 2.24) is 14.3 Å². The van der Waals surface area contributed by atoms with Crippen molar-refractivity contribution < 1.29 is 14.2 Å². The molecule has 2 aromatic heterocycles. The highest BCUT2D eigenvalue weighted by Gasteiger charge is 2.39. The monoisotopic (exact) mass is 424 g/mol. The van der Waals surface area contributed by atoms with Gasteiger partial charge in [0.25, 0.3) is 5.56 Å². The summed E-state index contributed by atoms with van der Waals surface area (Å²) in [6, 6.07) is 9.82. The molecule has 2 aliphatic rings. The van der Waals surface area contributed by atoms with Crippen molar-refractivity contribution in [3.8, 4) is 17.0 Å². The predicted molar refractivity (Wildman–Crippen MR) is 116 cm³/mol. The quantitative estimate of drug-likeness (QED) is 0.675. The molecule has 0 amide bonds. The minimum Gasteiger partial charge on any atom is -0.494 e. The van der Waals surface area contributed by atoms with Crippen LogP contribution in [0.15, 0.2) is 47.4 Å². The van der Waals surface area contributed by atoms with E-state index in [-0.39, 0.29) is 17.9 Å². The molecule has 0 spiro atoms. The molecule has 5 rings (SSSR count). The average molecular weight is 424 g/mol. The highest BCUT2D eigenvalue weighted by Crippen LogP contribution is 2.34. The molecule has 0 radical (unpaired) electrons. The van der Waals surface area contributed by atoms with Crippen LogP contribution in [0.1, 0.15) is 0 Å². The fraction of sp³-hybridized carbons (Fsp3) is 0.391. The van der Waals surface area contributed by atoms with E-state index in [4.69, 9.17) is 9.84 Å². The molecule has 2 fully saturated rings. The van der Waals surface area contributed by atoms with E-state index in [0.717, 1.165) is 38.4 Å². The number of aliphatic hydroxyl groups excluding tert-OH is 1. The Morgan fingerprint density at radius 3 is 2.58 bits per heavy atom. The van der Waals surface area contributed by atoms with Gasteiger partial charge in [0.2, 0.25) is 0 Å². The van der Waals surface area contributed by atoms with Gasteiger partial charge in [-0.25, -0.2) is 9.37 Å². The van der Waals surface area contributed by atoms with Crippen molar-refractivity contribution >= 4 is 11.3 Å². The van der Waals surface area contributed by atoms with Gasteiger partial charge in [-0.05, 0) is 42.2 Å². The molecule has 0 bridgehead atoms. The standard InChI is InChI=1S/C23H25FN4O3/c1-31-21-4-2-15(8-19(21)24)20-9-23(30)28-14-18(3-5-22(28)25-20)27-12-16-10-26(6-7-29)11-17(16)13-27/h2-5,8-9,14,16-17,29H,6-7,10-13H2,1H3/t16-,17+. The Kier molecular flexibility index (Phi) is 5.11. The highest BCUT2D eigenvalue weighted by atomic mass is 19.1. The van der Waals surface area contributed by atoms with Crippen LogP contribution in [0.5, 0.6) is 5.75 Å². The van der Waals surface area contributed by atoms with E-state index < -0.39 is 5.82 Å². The van der Waals surface area contributed by atoms with Gasteiger partial charge in [-0.1, -0.05) is 0 Å². The number of hydrogen-bond acceptors (Lipinski definition) is 6. The van der Waals surface area contributed by atoms with E-state index in [1.807, 2.05) is 18.3 Å². The summed E-state index contributed by atoms with van der Waals surface area (Å²) >= 11 is 0. The smallest absolute Gasteiger partial charge is 0.258 e. The molecular weight excluding hydrogens is 399 g/mol. The van der Waals surface area contributed by atoms with Crippen LogP contribution in [-0.4, -0.2) is 65.8 Å². The van der Waals surface area contributed by atoms with E-state index in [1.165, 1.54) is 25.3 Å². The lowest BCUT2D eigenvalue weighted by Gasteiger charge is -2.23. The summed E-state index contributed by atoms with van der Waals surface area (Å²) in [5.74, 6) is 0.837. The van der Waals surface area contributed by atoms with Crippen molar-refractivity contribution in [3.05, 3.63) is 58.8 Å². The Morgan fingerprint density at radius 1 is 1.13 bits per heavy atom. The zero-order valence-electron chi connectivity index (χ0n) is 17.4. The van der Waals surface area contributed by atoms with Gasteiger partial charge in [-0.2, -0.15) is 0 Å². The first-order chi connectivity index (χ1) is 15.1. The molecule has 7 nitrogen and oxygen atoms in total. The molecule has 0 saturated carbocycles. The normalized spacial score (nSPS) is 21.1. The van der Waals surface area contributed by atoms with E-state index in [1.54, 1.807) is 10.5 Å². The Morgan fingerprint density at radius 2 is 1.90 bits per heavy atom. The zero-order chi connectivity index (χ0) is 21.5. The molecule has 3 aromatic rings. The van der Waals surface area contributed by atoms with Crippen LogP contribution < -0.4 is 15.2 Å². The maximum atomic E-state index is 14.1. The number of ether oxygens (including phenoxy) is 1. The largest absolute Gasteiger partial charge is 0.494 e. The minimum atomic E-state index is -0.491. The van der Waals surface area contributed by atoms with Gasteiger partial charge < -0.3 is 19.6 Å². The summed E-state index contributed by atoms with van der Waals surface area (Å²) in [7, 11) is 1.41. The maximum absolute atomic E-state index is 14.1. The summed E-state index contributed by atoms with van der Waals surface area (Å²) in [5, 5.41) is 9.16. The van der Waals surface area contributed by atoms with Crippen LogP contribution in [-0.2, 0) is 0 Å². The number of halogens is 1. The molecule has 2 saturated heterocycles. The number of benzene rings is 1. The Hall–Kier alpha value is -2.97. The molecule has 0 aliphatic carbocycles. The Labute approximate surface area is 179 Å². The van der Waals surface area contributed by atoms with Crippen LogP contribution >= 0.6 is 0 Å². The van der Waals surface area contributed by atoms with Crippen molar-refractivity contribution in [2.75, 3.05) is 51.3 Å². The molecule has 0 unspecified atom stereocenters. The molecule has 2 aliphatic heterocycles. The first-order valence-corrected chi connectivity index (χ1v) is 10.5. The minimum absolute atomic E-state index is 0.153. The number of pyridine rings is 1. The van der Waals surface area contributed by atoms with Gasteiger partial charge in [-0.3, -0.25) is 9.20 Å². The van der Waals surface area contributed by atoms with Gasteiger partial charge in [0, 0.05) is 50.6 Å². The fourth-order valence-electron chi connectivity index (χ4n) is 4.88. The van der Waals surface area contributed by atoms with Crippen LogP contribution in [0.25, 0.3) is 16.9 Å².